The van der Waals surface area contributed by atoms with Gasteiger partial charge >= 0.3 is 0 Å². The van der Waals surface area contributed by atoms with Gasteiger partial charge in [0.15, 0.2) is 0 Å². The van der Waals surface area contributed by atoms with E-state index in [1.54, 1.807) is 6.92 Å². The van der Waals surface area contributed by atoms with Crippen LogP contribution in [-0.2, 0) is 0 Å². The molecule has 0 bridgehead atoms. The lowest BCUT2D eigenvalue weighted by atomic mass is 10.2. The minimum Gasteiger partial charge on any atom is -0.458 e. The maximum Gasteiger partial charge on any atom is 0.137 e. The standard InChI is InChI=1S/C11H11ClO2/c1-6-3-9(12)4-8-5-10(7(2)13)14-11(6)8/h3-5,7,13H,1-2H3. The van der Waals surface area contributed by atoms with Gasteiger partial charge in [0, 0.05) is 10.4 Å². The molecule has 0 aliphatic rings. The summed E-state index contributed by atoms with van der Waals surface area (Å²) in [4.78, 5) is 0. The third kappa shape index (κ3) is 1.51. The number of aliphatic hydroxyl groups is 1. The average Bonchev–Trinajstić information content (AvgIpc) is 2.47. The zero-order chi connectivity index (χ0) is 10.3. The van der Waals surface area contributed by atoms with Gasteiger partial charge in [-0.3, -0.25) is 0 Å². The van der Waals surface area contributed by atoms with Crippen LogP contribution in [0.15, 0.2) is 22.6 Å². The van der Waals surface area contributed by atoms with Crippen molar-refractivity contribution >= 4 is 22.6 Å². The van der Waals surface area contributed by atoms with Gasteiger partial charge in [0.1, 0.15) is 17.4 Å². The Labute approximate surface area is 87.1 Å². The van der Waals surface area contributed by atoms with E-state index in [9.17, 15) is 5.11 Å². The van der Waals surface area contributed by atoms with Crippen molar-refractivity contribution in [1.29, 1.82) is 0 Å². The van der Waals surface area contributed by atoms with Gasteiger partial charge in [0.25, 0.3) is 0 Å². The summed E-state index contributed by atoms with van der Waals surface area (Å²) in [5, 5.41) is 11.0. The third-order valence-electron chi connectivity index (χ3n) is 2.20. The van der Waals surface area contributed by atoms with E-state index in [0.717, 1.165) is 16.5 Å². The summed E-state index contributed by atoms with van der Waals surface area (Å²) in [7, 11) is 0. The van der Waals surface area contributed by atoms with Gasteiger partial charge in [-0.15, -0.1) is 0 Å². The molecule has 2 nitrogen and oxygen atoms in total. The first-order valence-electron chi connectivity index (χ1n) is 4.45. The Morgan fingerprint density at radius 3 is 2.71 bits per heavy atom. The van der Waals surface area contributed by atoms with Crippen molar-refractivity contribution in [3.8, 4) is 0 Å². The highest BCUT2D eigenvalue weighted by molar-refractivity contribution is 6.31. The van der Waals surface area contributed by atoms with Crippen molar-refractivity contribution in [1.82, 2.24) is 0 Å². The lowest BCUT2D eigenvalue weighted by Crippen LogP contribution is -1.85. The number of aryl methyl sites for hydroxylation is 1. The molecule has 1 atom stereocenters. The van der Waals surface area contributed by atoms with E-state index in [1.807, 2.05) is 25.1 Å². The molecule has 2 aromatic rings. The van der Waals surface area contributed by atoms with E-state index in [0.29, 0.717) is 10.8 Å². The van der Waals surface area contributed by atoms with Crippen LogP contribution >= 0.6 is 11.6 Å². The molecule has 0 fully saturated rings. The van der Waals surface area contributed by atoms with Crippen molar-refractivity contribution < 1.29 is 9.52 Å². The predicted octanol–water partition coefficient (Wildman–Crippen LogP) is 3.45. The van der Waals surface area contributed by atoms with E-state index >= 15 is 0 Å². The summed E-state index contributed by atoms with van der Waals surface area (Å²) >= 11 is 5.91. The second kappa shape index (κ2) is 3.30. The van der Waals surface area contributed by atoms with Crippen molar-refractivity contribution in [3.63, 3.8) is 0 Å². The number of benzene rings is 1. The van der Waals surface area contributed by atoms with Crippen LogP contribution in [0, 0.1) is 6.92 Å². The molecule has 2 rings (SSSR count). The Morgan fingerprint density at radius 1 is 1.36 bits per heavy atom. The van der Waals surface area contributed by atoms with Crippen molar-refractivity contribution in [2.75, 3.05) is 0 Å². The summed E-state index contributed by atoms with van der Waals surface area (Å²) in [5.74, 6) is 0.574. The van der Waals surface area contributed by atoms with Gasteiger partial charge in [-0.25, -0.2) is 0 Å². The Balaban J connectivity index is 2.70. The van der Waals surface area contributed by atoms with E-state index in [2.05, 4.69) is 0 Å². The SMILES string of the molecule is Cc1cc(Cl)cc2cc(C(C)O)oc12. The highest BCUT2D eigenvalue weighted by Crippen LogP contribution is 2.29. The maximum absolute atomic E-state index is 9.36. The molecule has 1 aromatic carbocycles. The topological polar surface area (TPSA) is 33.4 Å². The summed E-state index contributed by atoms with van der Waals surface area (Å²) in [6, 6.07) is 5.50. The fourth-order valence-corrected chi connectivity index (χ4v) is 1.79. The van der Waals surface area contributed by atoms with Crippen LogP contribution < -0.4 is 0 Å². The fourth-order valence-electron chi connectivity index (χ4n) is 1.51. The van der Waals surface area contributed by atoms with Crippen molar-refractivity contribution in [2.45, 2.75) is 20.0 Å². The Hall–Kier alpha value is -0.990. The molecule has 0 aliphatic heterocycles. The van der Waals surface area contributed by atoms with Gasteiger partial charge < -0.3 is 9.52 Å². The maximum atomic E-state index is 9.36. The highest BCUT2D eigenvalue weighted by atomic mass is 35.5. The molecule has 74 valence electrons. The second-order valence-corrected chi connectivity index (χ2v) is 3.90. The van der Waals surface area contributed by atoms with Gasteiger partial charge in [-0.1, -0.05) is 11.6 Å². The second-order valence-electron chi connectivity index (χ2n) is 3.47. The minimum absolute atomic E-state index is 0.574. The van der Waals surface area contributed by atoms with E-state index in [4.69, 9.17) is 16.0 Å². The van der Waals surface area contributed by atoms with Crippen LogP contribution in [0.5, 0.6) is 0 Å². The normalized spacial score (nSPS) is 13.4. The Bertz CT molecular complexity index is 471. The number of aliphatic hydroxyl groups excluding tert-OH is 1. The van der Waals surface area contributed by atoms with Crippen LogP contribution in [0.1, 0.15) is 24.4 Å². The highest BCUT2D eigenvalue weighted by Gasteiger charge is 2.10. The average molecular weight is 211 g/mol. The zero-order valence-electron chi connectivity index (χ0n) is 8.04. The van der Waals surface area contributed by atoms with E-state index in [-0.39, 0.29) is 0 Å². The van der Waals surface area contributed by atoms with Gasteiger partial charge in [0.05, 0.1) is 0 Å². The molecule has 1 aromatic heterocycles. The first kappa shape index (κ1) is 9.56. The quantitative estimate of drug-likeness (QED) is 0.782. The molecule has 0 aliphatic carbocycles. The number of hydrogen-bond acceptors (Lipinski definition) is 2. The molecule has 14 heavy (non-hydrogen) atoms. The number of fused-ring (bicyclic) bond motifs is 1. The van der Waals surface area contributed by atoms with Crippen molar-refractivity contribution in [2.24, 2.45) is 0 Å². The fraction of sp³-hybridized carbons (Fsp3) is 0.273. The molecule has 0 amide bonds. The zero-order valence-corrected chi connectivity index (χ0v) is 8.80. The Morgan fingerprint density at radius 2 is 2.07 bits per heavy atom. The summed E-state index contributed by atoms with van der Waals surface area (Å²) in [6.07, 6.45) is -0.583. The lowest BCUT2D eigenvalue weighted by Gasteiger charge is -1.97. The molecule has 1 heterocycles. The summed E-state index contributed by atoms with van der Waals surface area (Å²) in [6.45, 7) is 3.61. The van der Waals surface area contributed by atoms with Crippen LogP contribution in [0.4, 0.5) is 0 Å². The number of rotatable bonds is 1. The molecule has 0 saturated heterocycles. The molecule has 1 unspecified atom stereocenters. The van der Waals surface area contributed by atoms with Crippen molar-refractivity contribution in [3.05, 3.63) is 34.5 Å². The molecular formula is C11H11ClO2. The monoisotopic (exact) mass is 210 g/mol. The minimum atomic E-state index is -0.583. The lowest BCUT2D eigenvalue weighted by molar-refractivity contribution is 0.172. The Kier molecular flexibility index (Phi) is 2.25. The van der Waals surface area contributed by atoms with E-state index < -0.39 is 6.10 Å². The molecule has 1 N–H and O–H groups in total. The number of furan rings is 1. The van der Waals surface area contributed by atoms with Crippen LogP contribution in [0.25, 0.3) is 11.0 Å². The predicted molar refractivity (Wildman–Crippen MR) is 56.6 cm³/mol. The van der Waals surface area contributed by atoms with Crippen LogP contribution in [0.2, 0.25) is 5.02 Å². The first-order chi connectivity index (χ1) is 6.58. The third-order valence-corrected chi connectivity index (χ3v) is 2.42. The molecule has 0 radical (unpaired) electrons. The van der Waals surface area contributed by atoms with Gasteiger partial charge in [-0.05, 0) is 37.6 Å². The molecule has 0 spiro atoms. The first-order valence-corrected chi connectivity index (χ1v) is 4.83. The van der Waals surface area contributed by atoms with Gasteiger partial charge in [-0.2, -0.15) is 0 Å². The largest absolute Gasteiger partial charge is 0.458 e. The smallest absolute Gasteiger partial charge is 0.137 e. The van der Waals surface area contributed by atoms with Gasteiger partial charge in [0.2, 0.25) is 0 Å². The molecular weight excluding hydrogens is 200 g/mol. The summed E-state index contributed by atoms with van der Waals surface area (Å²) in [5.41, 5.74) is 1.78. The molecule has 3 heteroatoms. The van der Waals surface area contributed by atoms with E-state index in [1.165, 1.54) is 0 Å². The number of hydrogen-bond donors (Lipinski definition) is 1. The molecule has 0 saturated carbocycles. The van der Waals surface area contributed by atoms with Crippen LogP contribution in [0.3, 0.4) is 0 Å². The summed E-state index contributed by atoms with van der Waals surface area (Å²) < 4.78 is 5.51. The number of halogens is 1. The van der Waals surface area contributed by atoms with Crippen LogP contribution in [-0.4, -0.2) is 5.11 Å².